The first-order valence-corrected chi connectivity index (χ1v) is 13.5. The summed E-state index contributed by atoms with van der Waals surface area (Å²) in [5, 5.41) is 0. The van der Waals surface area contributed by atoms with Crippen molar-refractivity contribution in [1.82, 2.24) is 9.80 Å². The van der Waals surface area contributed by atoms with Crippen LogP contribution in [-0.2, 0) is 18.9 Å². The van der Waals surface area contributed by atoms with Crippen LogP contribution >= 0.6 is 0 Å². The average Bonchev–Trinajstić information content (AvgIpc) is 3.71. The van der Waals surface area contributed by atoms with Crippen LogP contribution in [0.5, 0.6) is 0 Å². The van der Waals surface area contributed by atoms with Crippen LogP contribution in [0.1, 0.15) is 59.3 Å². The number of halogens is 1. The summed E-state index contributed by atoms with van der Waals surface area (Å²) < 4.78 is 37.6. The van der Waals surface area contributed by atoms with Gasteiger partial charge in [-0.15, -0.1) is 0 Å². The summed E-state index contributed by atoms with van der Waals surface area (Å²) in [6.45, 7) is 11.3. The van der Waals surface area contributed by atoms with E-state index in [-0.39, 0.29) is 41.5 Å². The maximum Gasteiger partial charge on any atom is 0.410 e. The maximum absolute atomic E-state index is 13.3. The summed E-state index contributed by atoms with van der Waals surface area (Å²) in [7, 11) is 1.71. The SMILES string of the molecule is COC1C(OC(=O)N2CC(CCN3CCC(F)CC3)C2)CCC2(CO2)C1[C@@]1(C)O[C@@H]1CC=C(C)C. The smallest absolute Gasteiger partial charge is 0.410 e. The lowest BCUT2D eigenvalue weighted by molar-refractivity contribution is -0.124. The first-order chi connectivity index (χ1) is 16.7. The molecule has 0 aromatic carbocycles. The first kappa shape index (κ1) is 25.4. The second-order valence-corrected chi connectivity index (χ2v) is 11.9. The van der Waals surface area contributed by atoms with Crippen LogP contribution in [-0.4, -0.2) is 98.0 Å². The fourth-order valence-electron chi connectivity index (χ4n) is 6.67. The minimum absolute atomic E-state index is 0.0414. The number of piperidine rings is 1. The van der Waals surface area contributed by atoms with E-state index in [2.05, 4.69) is 31.7 Å². The van der Waals surface area contributed by atoms with Crippen molar-refractivity contribution >= 4 is 6.09 Å². The van der Waals surface area contributed by atoms with Crippen molar-refractivity contribution < 1.29 is 28.1 Å². The lowest BCUT2D eigenvalue weighted by atomic mass is 9.68. The number of epoxide rings is 2. The average molecular weight is 495 g/mol. The predicted octanol–water partition coefficient (Wildman–Crippen LogP) is 3.96. The molecule has 4 unspecified atom stereocenters. The number of amides is 1. The second kappa shape index (κ2) is 9.92. The third-order valence-electron chi connectivity index (χ3n) is 9.08. The number of carbonyl (C=O) groups is 1. The Morgan fingerprint density at radius 1 is 1.20 bits per heavy atom. The number of alkyl halides is 1. The van der Waals surface area contributed by atoms with E-state index in [1.54, 1.807) is 7.11 Å². The number of carbonyl (C=O) groups excluding carboxylic acids is 1. The Morgan fingerprint density at radius 3 is 2.54 bits per heavy atom. The molecule has 5 rings (SSSR count). The minimum atomic E-state index is -0.630. The summed E-state index contributed by atoms with van der Waals surface area (Å²) in [4.78, 5) is 17.1. The molecule has 1 aliphatic carbocycles. The molecular formula is C27H43FN2O5. The third-order valence-corrected chi connectivity index (χ3v) is 9.08. The van der Waals surface area contributed by atoms with E-state index < -0.39 is 6.17 Å². The van der Waals surface area contributed by atoms with Crippen molar-refractivity contribution in [3.63, 3.8) is 0 Å². The Bertz CT molecular complexity index is 801. The number of likely N-dealkylation sites (tertiary alicyclic amines) is 2. The molecule has 1 saturated carbocycles. The normalized spacial score (nSPS) is 39.9. The van der Waals surface area contributed by atoms with Gasteiger partial charge in [0.1, 0.15) is 29.6 Å². The van der Waals surface area contributed by atoms with E-state index in [9.17, 15) is 9.18 Å². The van der Waals surface area contributed by atoms with E-state index in [0.29, 0.717) is 18.8 Å². The molecule has 6 atom stereocenters. The summed E-state index contributed by atoms with van der Waals surface area (Å²) in [6, 6.07) is 0. The number of ether oxygens (including phenoxy) is 4. The number of hydrogen-bond donors (Lipinski definition) is 0. The maximum atomic E-state index is 13.3. The summed E-state index contributed by atoms with van der Waals surface area (Å²) in [5.74, 6) is 0.542. The Balaban J connectivity index is 1.12. The Morgan fingerprint density at radius 2 is 1.91 bits per heavy atom. The second-order valence-electron chi connectivity index (χ2n) is 11.9. The number of hydrogen-bond acceptors (Lipinski definition) is 6. The van der Waals surface area contributed by atoms with Crippen molar-refractivity contribution in [2.75, 3.05) is 46.4 Å². The summed E-state index contributed by atoms with van der Waals surface area (Å²) >= 11 is 0. The van der Waals surface area contributed by atoms with Gasteiger partial charge in [0.2, 0.25) is 0 Å². The first-order valence-electron chi connectivity index (χ1n) is 13.5. The van der Waals surface area contributed by atoms with E-state index in [1.807, 2.05) is 4.90 Å². The van der Waals surface area contributed by atoms with Crippen molar-refractivity contribution in [3.8, 4) is 0 Å². The topological polar surface area (TPSA) is 67.1 Å². The highest BCUT2D eigenvalue weighted by Crippen LogP contribution is 2.59. The van der Waals surface area contributed by atoms with Gasteiger partial charge in [0.05, 0.1) is 18.6 Å². The van der Waals surface area contributed by atoms with Gasteiger partial charge in [-0.25, -0.2) is 9.18 Å². The monoisotopic (exact) mass is 494 g/mol. The molecule has 5 aliphatic rings. The molecule has 8 heteroatoms. The molecule has 0 bridgehead atoms. The Hall–Kier alpha value is -1.22. The molecule has 4 heterocycles. The fraction of sp³-hybridized carbons (Fsp3) is 0.889. The predicted molar refractivity (Wildman–Crippen MR) is 130 cm³/mol. The van der Waals surface area contributed by atoms with Gasteiger partial charge in [-0.1, -0.05) is 11.6 Å². The molecule has 0 aromatic heterocycles. The van der Waals surface area contributed by atoms with Crippen LogP contribution in [0.4, 0.5) is 9.18 Å². The standard InChI is InChI=1S/C27H43FN2O5/c1-18(2)5-6-22-26(3,35-22)24-23(32-4)21(7-11-27(24)17-33-27)34-25(31)30-15-19(16-30)8-12-29-13-9-20(28)10-14-29/h5,19-24H,6-17H2,1-4H3/t21?,22-,23?,24?,26+,27?/m1/s1. The van der Waals surface area contributed by atoms with Gasteiger partial charge >= 0.3 is 6.09 Å². The summed E-state index contributed by atoms with van der Waals surface area (Å²) in [5.41, 5.74) is 0.750. The van der Waals surface area contributed by atoms with Gasteiger partial charge in [-0.3, -0.25) is 0 Å². The fourth-order valence-corrected chi connectivity index (χ4v) is 6.67. The zero-order chi connectivity index (χ0) is 24.8. The van der Waals surface area contributed by atoms with Gasteiger partial charge in [0.15, 0.2) is 0 Å². The molecule has 5 fully saturated rings. The zero-order valence-corrected chi connectivity index (χ0v) is 21.8. The van der Waals surface area contributed by atoms with Gasteiger partial charge < -0.3 is 28.7 Å². The van der Waals surface area contributed by atoms with Gasteiger partial charge in [-0.05, 0) is 71.8 Å². The van der Waals surface area contributed by atoms with E-state index in [1.165, 1.54) is 5.57 Å². The van der Waals surface area contributed by atoms with Gasteiger partial charge in [-0.2, -0.15) is 0 Å². The highest BCUT2D eigenvalue weighted by molar-refractivity contribution is 5.69. The quantitative estimate of drug-likeness (QED) is 0.376. The highest BCUT2D eigenvalue weighted by atomic mass is 19.1. The zero-order valence-electron chi connectivity index (χ0n) is 21.8. The molecule has 0 radical (unpaired) electrons. The molecular weight excluding hydrogens is 451 g/mol. The molecule has 7 nitrogen and oxygen atoms in total. The molecule has 1 spiro atoms. The number of methoxy groups -OCH3 is 1. The van der Waals surface area contributed by atoms with Crippen LogP contribution in [0.25, 0.3) is 0 Å². The number of allylic oxidation sites excluding steroid dienone is 1. The van der Waals surface area contributed by atoms with Gasteiger partial charge in [0, 0.05) is 33.3 Å². The lowest BCUT2D eigenvalue weighted by Crippen LogP contribution is -2.57. The Kier molecular flexibility index (Phi) is 7.21. The van der Waals surface area contributed by atoms with Crippen molar-refractivity contribution in [3.05, 3.63) is 11.6 Å². The highest BCUT2D eigenvalue weighted by Gasteiger charge is 2.72. The Labute approximate surface area is 209 Å². The van der Waals surface area contributed by atoms with Gasteiger partial charge in [0.25, 0.3) is 0 Å². The van der Waals surface area contributed by atoms with Crippen LogP contribution in [0.2, 0.25) is 0 Å². The third kappa shape index (κ3) is 5.27. The molecule has 0 N–H and O–H groups in total. The molecule has 4 aliphatic heterocycles. The van der Waals surface area contributed by atoms with E-state index in [0.717, 1.165) is 65.0 Å². The largest absolute Gasteiger partial charge is 0.443 e. The summed E-state index contributed by atoms with van der Waals surface area (Å²) in [6.07, 6.45) is 5.81. The molecule has 4 saturated heterocycles. The molecule has 0 aromatic rings. The van der Waals surface area contributed by atoms with Crippen LogP contribution in [0.3, 0.4) is 0 Å². The van der Waals surface area contributed by atoms with Crippen LogP contribution in [0, 0.1) is 11.8 Å². The molecule has 198 valence electrons. The van der Waals surface area contributed by atoms with Crippen molar-refractivity contribution in [2.45, 2.75) is 95.0 Å². The lowest BCUT2D eigenvalue weighted by Gasteiger charge is -2.45. The minimum Gasteiger partial charge on any atom is -0.443 e. The number of nitrogens with zero attached hydrogens (tertiary/aromatic N) is 2. The molecule has 1 amide bonds. The van der Waals surface area contributed by atoms with E-state index >= 15 is 0 Å². The van der Waals surface area contributed by atoms with Crippen LogP contribution in [0.15, 0.2) is 11.6 Å². The van der Waals surface area contributed by atoms with Crippen molar-refractivity contribution in [2.24, 2.45) is 11.8 Å². The molecule has 35 heavy (non-hydrogen) atoms. The van der Waals surface area contributed by atoms with Crippen LogP contribution < -0.4 is 0 Å². The van der Waals surface area contributed by atoms with Crippen molar-refractivity contribution in [1.29, 1.82) is 0 Å². The number of rotatable bonds is 8. The van der Waals surface area contributed by atoms with E-state index in [4.69, 9.17) is 18.9 Å².